The fourth-order valence-corrected chi connectivity index (χ4v) is 29.2. The first-order valence-corrected chi connectivity index (χ1v) is 20.9. The van der Waals surface area contributed by atoms with E-state index in [9.17, 15) is 0 Å². The van der Waals surface area contributed by atoms with E-state index >= 15 is 0 Å². The Morgan fingerprint density at radius 1 is 0.545 bits per heavy atom. The summed E-state index contributed by atoms with van der Waals surface area (Å²) in [6, 6.07) is 22.1. The van der Waals surface area contributed by atoms with E-state index in [0.29, 0.717) is 0 Å². The molecule has 2 aromatic rings. The van der Waals surface area contributed by atoms with Gasteiger partial charge in [0.25, 0.3) is 0 Å². The van der Waals surface area contributed by atoms with E-state index in [1.54, 1.807) is 8.81 Å². The van der Waals surface area contributed by atoms with Gasteiger partial charge in [0, 0.05) is 0 Å². The molecule has 0 saturated heterocycles. The van der Waals surface area contributed by atoms with E-state index in [1.807, 2.05) is 0 Å². The maximum absolute atomic E-state index is 2.70. The van der Waals surface area contributed by atoms with Gasteiger partial charge in [0.15, 0.2) is 0 Å². The Balaban J connectivity index is 2.16. The molecule has 1 aliphatic heterocycles. The second kappa shape index (κ2) is 5.90. The van der Waals surface area contributed by atoms with Crippen LogP contribution < -0.4 is 0 Å². The van der Waals surface area contributed by atoms with Crippen molar-refractivity contribution in [3.63, 3.8) is 0 Å². The maximum atomic E-state index is 2.70. The van der Waals surface area contributed by atoms with E-state index in [-0.39, 0.29) is 0 Å². The van der Waals surface area contributed by atoms with Crippen LogP contribution in [0.2, 0.25) is 23.0 Å². The molecular formula is C20H24Ge2. The van der Waals surface area contributed by atoms with Gasteiger partial charge >= 0.3 is 140 Å². The summed E-state index contributed by atoms with van der Waals surface area (Å²) in [4.78, 5) is 5.39. The molecule has 0 amide bonds. The van der Waals surface area contributed by atoms with Gasteiger partial charge in [0.05, 0.1) is 0 Å². The fourth-order valence-electron chi connectivity index (χ4n) is 3.42. The summed E-state index contributed by atoms with van der Waals surface area (Å²) < 4.78 is 3.37. The van der Waals surface area contributed by atoms with Crippen LogP contribution in [-0.4, -0.2) is 26.5 Å². The van der Waals surface area contributed by atoms with Crippen molar-refractivity contribution in [2.24, 2.45) is 0 Å². The third kappa shape index (κ3) is 3.04. The first-order chi connectivity index (χ1) is 10.4. The van der Waals surface area contributed by atoms with E-state index in [0.717, 1.165) is 0 Å². The molecule has 0 aliphatic carbocycles. The normalized spacial score (nSPS) is 19.3. The molecule has 0 bridgehead atoms. The Labute approximate surface area is 139 Å². The van der Waals surface area contributed by atoms with Gasteiger partial charge in [-0.1, -0.05) is 0 Å². The Hall–Kier alpha value is -0.994. The summed E-state index contributed by atoms with van der Waals surface area (Å²) in [7, 11) is 0. The Bertz CT molecular complexity index is 661. The van der Waals surface area contributed by atoms with Gasteiger partial charge in [-0.25, -0.2) is 0 Å². The Morgan fingerprint density at radius 2 is 0.909 bits per heavy atom. The van der Waals surface area contributed by atoms with Crippen LogP contribution in [0, 0.1) is 0 Å². The number of hydrogen-bond acceptors (Lipinski definition) is 0. The fraction of sp³-hybridized carbons (Fsp3) is 0.200. The van der Waals surface area contributed by atoms with Gasteiger partial charge < -0.3 is 0 Å². The molecule has 0 radical (unpaired) electrons. The number of hydrogen-bond donors (Lipinski definition) is 0. The topological polar surface area (TPSA) is 0 Å². The molecular weight excluding hydrogens is 385 g/mol. The summed E-state index contributed by atoms with van der Waals surface area (Å²) in [6.07, 6.45) is 0. The molecule has 0 atom stereocenters. The predicted octanol–water partition coefficient (Wildman–Crippen LogP) is 5.74. The second-order valence-electron chi connectivity index (χ2n) is 7.29. The Morgan fingerprint density at radius 3 is 1.27 bits per heavy atom. The third-order valence-corrected chi connectivity index (χ3v) is 18.9. The van der Waals surface area contributed by atoms with E-state index < -0.39 is 26.5 Å². The van der Waals surface area contributed by atoms with Crippen LogP contribution in [0.3, 0.4) is 0 Å². The van der Waals surface area contributed by atoms with Crippen molar-refractivity contribution >= 4 is 35.3 Å². The van der Waals surface area contributed by atoms with Gasteiger partial charge in [-0.3, -0.25) is 0 Å². The minimum absolute atomic E-state index is 1.45. The van der Waals surface area contributed by atoms with E-state index in [2.05, 4.69) is 93.5 Å². The van der Waals surface area contributed by atoms with Crippen LogP contribution >= 0.6 is 0 Å². The summed E-state index contributed by atoms with van der Waals surface area (Å²) in [5.74, 6) is 10.1. The van der Waals surface area contributed by atoms with Crippen molar-refractivity contribution in [3.05, 3.63) is 81.6 Å². The van der Waals surface area contributed by atoms with Crippen molar-refractivity contribution in [1.29, 1.82) is 0 Å². The Kier molecular flexibility index (Phi) is 4.26. The zero-order chi connectivity index (χ0) is 15.8. The predicted molar refractivity (Wildman–Crippen MR) is 104 cm³/mol. The van der Waals surface area contributed by atoms with Gasteiger partial charge in [-0.2, -0.15) is 0 Å². The van der Waals surface area contributed by atoms with Crippen LogP contribution in [0.1, 0.15) is 11.1 Å². The molecule has 0 spiro atoms. The van der Waals surface area contributed by atoms with Crippen molar-refractivity contribution in [2.45, 2.75) is 23.0 Å². The molecule has 3 rings (SSSR count). The van der Waals surface area contributed by atoms with Crippen LogP contribution in [0.15, 0.2) is 70.5 Å². The standard InChI is InChI=1S/C20H24Ge2/c1-21(2)15-19(17-11-7-5-8-12-17)22(3,4)20(16-21)18-13-9-6-10-14-18/h5-16H,1-4H3. The van der Waals surface area contributed by atoms with E-state index in [1.165, 1.54) is 11.1 Å². The zero-order valence-corrected chi connectivity index (χ0v) is 18.1. The molecule has 2 aromatic carbocycles. The molecule has 2 heteroatoms. The van der Waals surface area contributed by atoms with Crippen molar-refractivity contribution in [2.75, 3.05) is 0 Å². The molecule has 0 fully saturated rings. The molecule has 0 N–H and O–H groups in total. The van der Waals surface area contributed by atoms with Crippen LogP contribution in [-0.2, 0) is 0 Å². The van der Waals surface area contributed by atoms with Gasteiger partial charge in [-0.15, -0.1) is 0 Å². The summed E-state index contributed by atoms with van der Waals surface area (Å²) in [5.41, 5.74) is 2.90. The summed E-state index contributed by atoms with van der Waals surface area (Å²) in [6.45, 7) is 0. The average molecular weight is 410 g/mol. The number of benzene rings is 2. The summed E-state index contributed by atoms with van der Waals surface area (Å²) >= 11 is -4.24. The number of rotatable bonds is 2. The van der Waals surface area contributed by atoms with Crippen molar-refractivity contribution in [1.82, 2.24) is 0 Å². The van der Waals surface area contributed by atoms with Gasteiger partial charge in [-0.05, 0) is 0 Å². The first-order valence-electron chi connectivity index (χ1n) is 7.98. The molecule has 0 aromatic heterocycles. The molecule has 22 heavy (non-hydrogen) atoms. The molecule has 112 valence electrons. The third-order valence-electron chi connectivity index (χ3n) is 4.55. The molecule has 1 aliphatic rings. The molecule has 0 unspecified atom stereocenters. The first kappa shape index (κ1) is 15.9. The van der Waals surface area contributed by atoms with Crippen LogP contribution in [0.25, 0.3) is 8.81 Å². The quantitative estimate of drug-likeness (QED) is 0.555. The van der Waals surface area contributed by atoms with Crippen molar-refractivity contribution < 1.29 is 0 Å². The SMILES string of the molecule is [CH3][Ge]1([CH3])[CH]=[C](c2ccccc2)[Ge]([CH3])([CH3])[C](c2ccccc2)=[CH]1. The van der Waals surface area contributed by atoms with Crippen molar-refractivity contribution in [3.8, 4) is 0 Å². The monoisotopic (exact) mass is 412 g/mol. The van der Waals surface area contributed by atoms with Crippen LogP contribution in [0.4, 0.5) is 0 Å². The summed E-state index contributed by atoms with van der Waals surface area (Å²) in [5, 5.41) is 0. The minimum atomic E-state index is -2.24. The average Bonchev–Trinajstić information content (AvgIpc) is 2.51. The second-order valence-corrected chi connectivity index (χ2v) is 25.2. The van der Waals surface area contributed by atoms with Crippen LogP contribution in [0.5, 0.6) is 0 Å². The van der Waals surface area contributed by atoms with E-state index in [4.69, 9.17) is 0 Å². The van der Waals surface area contributed by atoms with Gasteiger partial charge in [0.1, 0.15) is 0 Å². The molecule has 1 heterocycles. The van der Waals surface area contributed by atoms with Gasteiger partial charge in [0.2, 0.25) is 0 Å². The molecule has 0 saturated carbocycles. The molecule has 0 nitrogen and oxygen atoms in total. The zero-order valence-electron chi connectivity index (χ0n) is 13.9.